The van der Waals surface area contributed by atoms with E-state index in [0.29, 0.717) is 41.9 Å². The number of anilines is 1. The Balaban J connectivity index is 1.92. The minimum atomic E-state index is -0.647. The second-order valence-corrected chi connectivity index (χ2v) is 6.54. The van der Waals surface area contributed by atoms with Crippen molar-refractivity contribution < 1.29 is 33.3 Å². The highest BCUT2D eigenvalue weighted by Crippen LogP contribution is 2.30. The highest BCUT2D eigenvalue weighted by atomic mass is 16.5. The second-order valence-electron chi connectivity index (χ2n) is 6.54. The molecule has 1 N–H and O–H groups in total. The zero-order valence-corrected chi connectivity index (χ0v) is 18.8. The molecule has 8 nitrogen and oxygen atoms in total. The van der Waals surface area contributed by atoms with Crippen molar-refractivity contribution >= 4 is 23.6 Å². The molecule has 0 aliphatic carbocycles. The lowest BCUT2D eigenvalue weighted by atomic mass is 10.2. The normalized spacial score (nSPS) is 10.5. The molecule has 1 amide bonds. The van der Waals surface area contributed by atoms with Crippen LogP contribution in [0.5, 0.6) is 23.0 Å². The van der Waals surface area contributed by atoms with Crippen molar-refractivity contribution in [2.24, 2.45) is 0 Å². The predicted molar refractivity (Wildman–Crippen MR) is 122 cm³/mol. The van der Waals surface area contributed by atoms with Crippen molar-refractivity contribution in [1.82, 2.24) is 0 Å². The summed E-state index contributed by atoms with van der Waals surface area (Å²) in [7, 11) is 3.01. The van der Waals surface area contributed by atoms with Gasteiger partial charge in [-0.1, -0.05) is 13.0 Å². The first kappa shape index (κ1) is 24.6. The maximum Gasteiger partial charge on any atom is 0.331 e. The van der Waals surface area contributed by atoms with Crippen molar-refractivity contribution in [3.8, 4) is 23.0 Å². The van der Waals surface area contributed by atoms with Crippen molar-refractivity contribution in [1.29, 1.82) is 0 Å². The van der Waals surface area contributed by atoms with Crippen LogP contribution in [0, 0.1) is 0 Å². The van der Waals surface area contributed by atoms with Crippen LogP contribution in [0.1, 0.15) is 25.8 Å². The third-order valence-corrected chi connectivity index (χ3v) is 4.17. The zero-order valence-electron chi connectivity index (χ0n) is 18.8. The topological polar surface area (TPSA) is 92.3 Å². The van der Waals surface area contributed by atoms with E-state index in [1.54, 1.807) is 42.5 Å². The van der Waals surface area contributed by atoms with E-state index in [9.17, 15) is 9.59 Å². The number of hydrogen-bond acceptors (Lipinski definition) is 7. The van der Waals surface area contributed by atoms with Crippen LogP contribution in [0.25, 0.3) is 6.08 Å². The Bertz CT molecular complexity index is 940. The highest BCUT2D eigenvalue weighted by Gasteiger charge is 2.11. The fraction of sp³-hybridized carbons (Fsp3) is 0.333. The molecular weight excluding hydrogens is 414 g/mol. The SMILES string of the molecule is CCCOc1ccc(/C=C/C(=O)OCC(=O)Nc2ccc(OC)cc2OC)cc1OCC. The second kappa shape index (κ2) is 12.9. The maximum absolute atomic E-state index is 12.1. The number of hydrogen-bond donors (Lipinski definition) is 1. The first-order valence-electron chi connectivity index (χ1n) is 10.3. The van der Waals surface area contributed by atoms with Crippen LogP contribution in [0.3, 0.4) is 0 Å². The lowest BCUT2D eigenvalue weighted by Crippen LogP contribution is -2.20. The first-order chi connectivity index (χ1) is 15.5. The van der Waals surface area contributed by atoms with E-state index in [2.05, 4.69) is 5.32 Å². The monoisotopic (exact) mass is 443 g/mol. The Labute approximate surface area is 188 Å². The third-order valence-electron chi connectivity index (χ3n) is 4.17. The summed E-state index contributed by atoms with van der Waals surface area (Å²) in [5.41, 5.74) is 1.18. The van der Waals surface area contributed by atoms with Gasteiger partial charge < -0.3 is 29.0 Å². The van der Waals surface area contributed by atoms with Gasteiger partial charge in [-0.2, -0.15) is 0 Å². The number of esters is 1. The highest BCUT2D eigenvalue weighted by molar-refractivity contribution is 5.95. The molecule has 0 radical (unpaired) electrons. The maximum atomic E-state index is 12.1. The molecule has 0 saturated carbocycles. The number of ether oxygens (including phenoxy) is 5. The fourth-order valence-corrected chi connectivity index (χ4v) is 2.67. The number of benzene rings is 2. The van der Waals surface area contributed by atoms with Crippen molar-refractivity contribution in [2.45, 2.75) is 20.3 Å². The third kappa shape index (κ3) is 7.54. The van der Waals surface area contributed by atoms with Crippen LogP contribution in [-0.4, -0.2) is 45.9 Å². The van der Waals surface area contributed by atoms with Gasteiger partial charge in [0.05, 0.1) is 33.1 Å². The van der Waals surface area contributed by atoms with E-state index in [0.717, 1.165) is 12.0 Å². The molecule has 2 aromatic carbocycles. The molecule has 0 aliphatic heterocycles. The molecule has 0 spiro atoms. The van der Waals surface area contributed by atoms with Gasteiger partial charge in [0.15, 0.2) is 18.1 Å². The Kier molecular flexibility index (Phi) is 9.90. The Hall–Kier alpha value is -3.68. The summed E-state index contributed by atoms with van der Waals surface area (Å²) in [6, 6.07) is 10.3. The summed E-state index contributed by atoms with van der Waals surface area (Å²) < 4.78 is 26.6. The van der Waals surface area contributed by atoms with E-state index in [1.165, 1.54) is 20.3 Å². The average Bonchev–Trinajstić information content (AvgIpc) is 2.81. The van der Waals surface area contributed by atoms with Gasteiger partial charge in [-0.05, 0) is 49.2 Å². The van der Waals surface area contributed by atoms with Crippen LogP contribution in [0.2, 0.25) is 0 Å². The van der Waals surface area contributed by atoms with Crippen molar-refractivity contribution in [2.75, 3.05) is 39.4 Å². The Morgan fingerprint density at radius 2 is 1.75 bits per heavy atom. The van der Waals surface area contributed by atoms with E-state index >= 15 is 0 Å². The molecule has 0 saturated heterocycles. The van der Waals surface area contributed by atoms with Crippen LogP contribution >= 0.6 is 0 Å². The number of carbonyl (C=O) groups excluding carboxylic acids is 2. The largest absolute Gasteiger partial charge is 0.497 e. The molecule has 2 rings (SSSR count). The van der Waals surface area contributed by atoms with Crippen LogP contribution in [-0.2, 0) is 14.3 Å². The molecule has 8 heteroatoms. The number of amides is 1. The van der Waals surface area contributed by atoms with Gasteiger partial charge >= 0.3 is 5.97 Å². The lowest BCUT2D eigenvalue weighted by molar-refractivity contribution is -0.142. The van der Waals surface area contributed by atoms with Crippen LogP contribution in [0.15, 0.2) is 42.5 Å². The predicted octanol–water partition coefficient (Wildman–Crippen LogP) is 4.09. The Morgan fingerprint density at radius 1 is 0.938 bits per heavy atom. The molecule has 0 atom stereocenters. The molecule has 0 aromatic heterocycles. The van der Waals surface area contributed by atoms with Gasteiger partial charge in [0.25, 0.3) is 5.91 Å². The molecule has 2 aromatic rings. The van der Waals surface area contributed by atoms with E-state index < -0.39 is 18.5 Å². The molecule has 0 bridgehead atoms. The summed E-state index contributed by atoms with van der Waals surface area (Å²) in [4.78, 5) is 24.1. The number of nitrogens with one attached hydrogen (secondary N) is 1. The fourth-order valence-electron chi connectivity index (χ4n) is 2.67. The molecular formula is C24H29NO7. The van der Waals surface area contributed by atoms with E-state index in [1.807, 2.05) is 13.8 Å². The quantitative estimate of drug-likeness (QED) is 0.390. The molecule has 0 heterocycles. The summed E-state index contributed by atoms with van der Waals surface area (Å²) in [5, 5.41) is 2.64. The van der Waals surface area contributed by atoms with Crippen molar-refractivity contribution in [3.63, 3.8) is 0 Å². The zero-order chi connectivity index (χ0) is 23.3. The summed E-state index contributed by atoms with van der Waals surface area (Å²) in [6.45, 7) is 4.55. The van der Waals surface area contributed by atoms with Crippen LogP contribution in [0.4, 0.5) is 5.69 Å². The van der Waals surface area contributed by atoms with Gasteiger partial charge in [0, 0.05) is 12.1 Å². The van der Waals surface area contributed by atoms with Gasteiger partial charge in [0.1, 0.15) is 11.5 Å². The molecule has 0 aliphatic rings. The molecule has 0 fully saturated rings. The van der Waals surface area contributed by atoms with E-state index in [4.69, 9.17) is 23.7 Å². The lowest BCUT2D eigenvalue weighted by Gasteiger charge is -2.12. The standard InChI is InChI=1S/C24H29NO7/c1-5-13-31-20-11-7-17(14-22(20)30-6-2)8-12-24(27)32-16-23(26)25-19-10-9-18(28-3)15-21(19)29-4/h7-12,14-15H,5-6,13,16H2,1-4H3,(H,25,26)/b12-8+. The van der Waals surface area contributed by atoms with E-state index in [-0.39, 0.29) is 0 Å². The smallest absolute Gasteiger partial charge is 0.331 e. The van der Waals surface area contributed by atoms with Gasteiger partial charge in [0.2, 0.25) is 0 Å². The van der Waals surface area contributed by atoms with Crippen LogP contribution < -0.4 is 24.3 Å². The molecule has 32 heavy (non-hydrogen) atoms. The number of methoxy groups -OCH3 is 2. The number of rotatable bonds is 12. The van der Waals surface area contributed by atoms with Crippen molar-refractivity contribution in [3.05, 3.63) is 48.0 Å². The number of carbonyl (C=O) groups is 2. The minimum absolute atomic E-state index is 0.431. The molecule has 0 unspecified atom stereocenters. The average molecular weight is 443 g/mol. The molecule has 172 valence electrons. The first-order valence-corrected chi connectivity index (χ1v) is 10.3. The summed E-state index contributed by atoms with van der Waals surface area (Å²) in [5.74, 6) is 1.13. The summed E-state index contributed by atoms with van der Waals surface area (Å²) in [6.07, 6.45) is 3.72. The van der Waals surface area contributed by atoms with Gasteiger partial charge in [-0.15, -0.1) is 0 Å². The minimum Gasteiger partial charge on any atom is -0.497 e. The van der Waals surface area contributed by atoms with Gasteiger partial charge in [-0.3, -0.25) is 4.79 Å². The Morgan fingerprint density at radius 3 is 2.44 bits per heavy atom. The summed E-state index contributed by atoms with van der Waals surface area (Å²) >= 11 is 0. The van der Waals surface area contributed by atoms with Gasteiger partial charge in [-0.25, -0.2) is 4.79 Å².